The van der Waals surface area contributed by atoms with E-state index in [9.17, 15) is 14.0 Å². The Morgan fingerprint density at radius 2 is 1.67 bits per heavy atom. The number of carbonyl (C=O) groups is 2. The van der Waals surface area contributed by atoms with Crippen molar-refractivity contribution in [2.45, 2.75) is 57.5 Å². The number of amides is 2. The zero-order valence-electron chi connectivity index (χ0n) is 24.3. The fraction of sp³-hybridized carbons (Fsp3) is 0.333. The number of carbonyl (C=O) groups excluding carboxylic acids is 2. The molecular weight excluding hydrogens is 549 g/mol. The van der Waals surface area contributed by atoms with Crippen molar-refractivity contribution in [1.29, 1.82) is 0 Å². The van der Waals surface area contributed by atoms with Crippen molar-refractivity contribution in [2.24, 2.45) is 7.05 Å². The van der Waals surface area contributed by atoms with E-state index in [1.807, 2.05) is 49.4 Å². The van der Waals surface area contributed by atoms with Crippen LogP contribution >= 0.6 is 0 Å². The lowest BCUT2D eigenvalue weighted by Gasteiger charge is -2.29. The standard InChI is InChI=1S/C33H36FN5O4/c1-21-17-30(38-39(21)2)32(42)37-27-14-12-26(13-15-27)36-31(41)29-19-25(34)20-35-33(29)43-28-7-3-6-24(18-28)23-10-8-22(9-11-23)5-4-16-40/h3,6-11,17-20,26-27,40H,4-5,12-16H2,1-2H3,(H,36,41)(H,37,42). The molecule has 0 unspecified atom stereocenters. The van der Waals surface area contributed by atoms with Gasteiger partial charge in [-0.15, -0.1) is 0 Å². The second kappa shape index (κ2) is 13.6. The Morgan fingerprint density at radius 3 is 2.33 bits per heavy atom. The maximum absolute atomic E-state index is 14.2. The molecule has 0 atom stereocenters. The van der Waals surface area contributed by atoms with E-state index >= 15 is 0 Å². The number of aliphatic hydroxyl groups excluding tert-OH is 1. The zero-order chi connectivity index (χ0) is 30.3. The first kappa shape index (κ1) is 29.9. The number of aliphatic hydroxyl groups is 1. The number of hydrogen-bond acceptors (Lipinski definition) is 6. The van der Waals surface area contributed by atoms with E-state index in [2.05, 4.69) is 20.7 Å². The van der Waals surface area contributed by atoms with E-state index in [0.717, 1.165) is 47.5 Å². The van der Waals surface area contributed by atoms with Crippen LogP contribution in [-0.2, 0) is 13.5 Å². The number of aromatic nitrogens is 3. The van der Waals surface area contributed by atoms with E-state index in [1.54, 1.807) is 23.9 Å². The van der Waals surface area contributed by atoms with Crippen molar-refractivity contribution in [3.63, 3.8) is 0 Å². The molecule has 9 nitrogen and oxygen atoms in total. The first-order valence-corrected chi connectivity index (χ1v) is 14.5. The van der Waals surface area contributed by atoms with E-state index in [1.165, 1.54) is 0 Å². The van der Waals surface area contributed by atoms with Gasteiger partial charge < -0.3 is 20.5 Å². The van der Waals surface area contributed by atoms with Crippen molar-refractivity contribution in [1.82, 2.24) is 25.4 Å². The molecule has 0 aliphatic heterocycles. The third kappa shape index (κ3) is 7.64. The van der Waals surface area contributed by atoms with Crippen LogP contribution in [0.1, 0.15) is 64.2 Å². The Bertz CT molecular complexity index is 1560. The number of ether oxygens (including phenoxy) is 1. The summed E-state index contributed by atoms with van der Waals surface area (Å²) in [5.41, 5.74) is 4.36. The molecule has 43 heavy (non-hydrogen) atoms. The number of aryl methyl sites for hydroxylation is 3. The van der Waals surface area contributed by atoms with Crippen LogP contribution in [-0.4, -0.2) is 50.4 Å². The Hall–Kier alpha value is -4.57. The quantitative estimate of drug-likeness (QED) is 0.238. The minimum atomic E-state index is -0.635. The molecule has 0 spiro atoms. The van der Waals surface area contributed by atoms with E-state index < -0.39 is 11.7 Å². The largest absolute Gasteiger partial charge is 0.438 e. The topological polar surface area (TPSA) is 118 Å². The van der Waals surface area contributed by atoms with Gasteiger partial charge in [0.25, 0.3) is 11.8 Å². The fourth-order valence-electron chi connectivity index (χ4n) is 5.24. The highest BCUT2D eigenvalue weighted by Crippen LogP contribution is 2.29. The molecule has 224 valence electrons. The van der Waals surface area contributed by atoms with Gasteiger partial charge in [-0.3, -0.25) is 14.3 Å². The predicted molar refractivity (Wildman–Crippen MR) is 160 cm³/mol. The molecule has 1 aliphatic carbocycles. The molecule has 0 saturated heterocycles. The number of pyridine rings is 1. The Morgan fingerprint density at radius 1 is 0.977 bits per heavy atom. The summed E-state index contributed by atoms with van der Waals surface area (Å²) >= 11 is 0. The van der Waals surface area contributed by atoms with Crippen LogP contribution in [0.15, 0.2) is 66.9 Å². The molecule has 2 heterocycles. The van der Waals surface area contributed by atoms with Crippen LogP contribution in [0, 0.1) is 12.7 Å². The molecule has 1 saturated carbocycles. The Kier molecular flexibility index (Phi) is 9.46. The Labute approximate surface area is 250 Å². The van der Waals surface area contributed by atoms with Crippen molar-refractivity contribution >= 4 is 11.8 Å². The highest BCUT2D eigenvalue weighted by atomic mass is 19.1. The number of benzene rings is 2. The maximum atomic E-state index is 14.2. The van der Waals surface area contributed by atoms with Crippen LogP contribution in [0.2, 0.25) is 0 Å². The summed E-state index contributed by atoms with van der Waals surface area (Å²) in [5, 5.41) is 19.3. The normalized spacial score (nSPS) is 16.5. The molecule has 3 N–H and O–H groups in total. The smallest absolute Gasteiger partial charge is 0.272 e. The number of hydrogen-bond donors (Lipinski definition) is 3. The summed E-state index contributed by atoms with van der Waals surface area (Å²) in [6, 6.07) is 18.2. The zero-order valence-corrected chi connectivity index (χ0v) is 24.3. The summed E-state index contributed by atoms with van der Waals surface area (Å²) in [6.07, 6.45) is 5.28. The van der Waals surface area contributed by atoms with Gasteiger partial charge in [-0.1, -0.05) is 36.4 Å². The third-order valence-corrected chi connectivity index (χ3v) is 7.77. The number of halogens is 1. The lowest BCUT2D eigenvalue weighted by atomic mass is 9.91. The molecule has 2 aromatic heterocycles. The maximum Gasteiger partial charge on any atom is 0.272 e. The first-order chi connectivity index (χ1) is 20.8. The van der Waals surface area contributed by atoms with Gasteiger partial charge in [-0.05, 0) is 86.4 Å². The van der Waals surface area contributed by atoms with Crippen LogP contribution < -0.4 is 15.4 Å². The molecule has 4 aromatic rings. The van der Waals surface area contributed by atoms with Gasteiger partial charge in [-0.25, -0.2) is 9.37 Å². The predicted octanol–water partition coefficient (Wildman–Crippen LogP) is 5.12. The lowest BCUT2D eigenvalue weighted by Crippen LogP contribution is -2.44. The summed E-state index contributed by atoms with van der Waals surface area (Å²) in [6.45, 7) is 2.05. The Balaban J connectivity index is 1.20. The minimum Gasteiger partial charge on any atom is -0.438 e. The third-order valence-electron chi connectivity index (χ3n) is 7.77. The van der Waals surface area contributed by atoms with Gasteiger partial charge in [-0.2, -0.15) is 5.10 Å². The average molecular weight is 586 g/mol. The van der Waals surface area contributed by atoms with Crippen molar-refractivity contribution < 1.29 is 23.8 Å². The summed E-state index contributed by atoms with van der Waals surface area (Å²) in [7, 11) is 1.80. The second-order valence-electron chi connectivity index (χ2n) is 11.0. The molecular formula is C33H36FN5O4. The van der Waals surface area contributed by atoms with Crippen molar-refractivity contribution in [2.75, 3.05) is 6.61 Å². The fourth-order valence-corrected chi connectivity index (χ4v) is 5.24. The monoisotopic (exact) mass is 585 g/mol. The summed E-state index contributed by atoms with van der Waals surface area (Å²) < 4.78 is 21.9. The molecule has 2 aromatic carbocycles. The minimum absolute atomic E-state index is 0.0123. The highest BCUT2D eigenvalue weighted by Gasteiger charge is 2.26. The lowest BCUT2D eigenvalue weighted by molar-refractivity contribution is 0.0887. The van der Waals surface area contributed by atoms with E-state index in [0.29, 0.717) is 37.1 Å². The molecule has 10 heteroatoms. The number of nitrogens with zero attached hydrogens (tertiary/aromatic N) is 3. The van der Waals surface area contributed by atoms with Gasteiger partial charge >= 0.3 is 0 Å². The molecule has 0 radical (unpaired) electrons. The van der Waals surface area contributed by atoms with E-state index in [-0.39, 0.29) is 36.0 Å². The van der Waals surface area contributed by atoms with E-state index in [4.69, 9.17) is 9.84 Å². The average Bonchev–Trinajstić information content (AvgIpc) is 3.36. The van der Waals surface area contributed by atoms with Gasteiger partial charge in [0.05, 0.1) is 6.20 Å². The summed E-state index contributed by atoms with van der Waals surface area (Å²) in [5.74, 6) is -0.823. The molecule has 1 fully saturated rings. The van der Waals surface area contributed by atoms with Crippen LogP contribution in [0.5, 0.6) is 11.6 Å². The van der Waals surface area contributed by atoms with Crippen molar-refractivity contribution in [3.8, 4) is 22.8 Å². The van der Waals surface area contributed by atoms with Gasteiger partial charge in [0.1, 0.15) is 22.8 Å². The van der Waals surface area contributed by atoms with Crippen LogP contribution in [0.4, 0.5) is 4.39 Å². The van der Waals surface area contributed by atoms with Gasteiger partial charge in [0.2, 0.25) is 5.88 Å². The molecule has 2 amide bonds. The molecule has 5 rings (SSSR count). The second-order valence-corrected chi connectivity index (χ2v) is 11.0. The number of nitrogens with one attached hydrogen (secondary N) is 2. The van der Waals surface area contributed by atoms with Gasteiger partial charge in [0, 0.05) is 31.4 Å². The first-order valence-electron chi connectivity index (χ1n) is 14.5. The van der Waals surface area contributed by atoms with Crippen LogP contribution in [0.3, 0.4) is 0 Å². The molecule has 1 aliphatic rings. The molecule has 0 bridgehead atoms. The van der Waals surface area contributed by atoms with Gasteiger partial charge in [0.15, 0.2) is 0 Å². The number of rotatable bonds is 10. The highest BCUT2D eigenvalue weighted by molar-refractivity contribution is 5.96. The SMILES string of the molecule is Cc1cc(C(=O)NC2CCC(NC(=O)c3cc(F)cnc3Oc3cccc(-c4ccc(CCCO)cc4)c3)CC2)nn1C. The van der Waals surface area contributed by atoms with Crippen molar-refractivity contribution in [3.05, 3.63) is 95.2 Å². The summed E-state index contributed by atoms with van der Waals surface area (Å²) in [4.78, 5) is 29.9. The van der Waals surface area contributed by atoms with Crippen LogP contribution in [0.25, 0.3) is 11.1 Å².